The van der Waals surface area contributed by atoms with E-state index < -0.39 is 15.9 Å². The number of thiazole rings is 1. The highest BCUT2D eigenvalue weighted by Crippen LogP contribution is 2.34. The molecular formula is C24H20N4O4S2. The zero-order valence-corrected chi connectivity index (χ0v) is 19.5. The molecule has 2 N–H and O–H groups in total. The maximum absolute atomic E-state index is 13.1. The van der Waals surface area contributed by atoms with Crippen LogP contribution in [0, 0.1) is 0 Å². The Morgan fingerprint density at radius 2 is 1.82 bits per heavy atom. The third-order valence-corrected chi connectivity index (χ3v) is 8.35. The van der Waals surface area contributed by atoms with Gasteiger partial charge in [0.15, 0.2) is 0 Å². The van der Waals surface area contributed by atoms with Gasteiger partial charge in [-0.1, -0.05) is 30.3 Å². The number of nitrogens with zero attached hydrogens (tertiary/aromatic N) is 2. The van der Waals surface area contributed by atoms with Crippen LogP contribution in [0.3, 0.4) is 0 Å². The van der Waals surface area contributed by atoms with Crippen molar-refractivity contribution in [2.75, 3.05) is 25.0 Å². The molecule has 8 nitrogen and oxygen atoms in total. The summed E-state index contributed by atoms with van der Waals surface area (Å²) in [4.78, 5) is 29.4. The minimum atomic E-state index is -3.91. The van der Waals surface area contributed by atoms with Crippen molar-refractivity contribution >= 4 is 49.1 Å². The van der Waals surface area contributed by atoms with E-state index >= 15 is 0 Å². The predicted octanol–water partition coefficient (Wildman–Crippen LogP) is 3.34. The van der Waals surface area contributed by atoms with Gasteiger partial charge in [-0.3, -0.25) is 9.59 Å². The van der Waals surface area contributed by atoms with E-state index in [1.54, 1.807) is 12.1 Å². The maximum atomic E-state index is 13.1. The number of hydrogen-bond acceptors (Lipinski definition) is 6. The molecule has 10 heteroatoms. The summed E-state index contributed by atoms with van der Waals surface area (Å²) in [5.74, 6) is -0.794. The van der Waals surface area contributed by atoms with Crippen LogP contribution in [-0.4, -0.2) is 49.2 Å². The van der Waals surface area contributed by atoms with Gasteiger partial charge in [0.1, 0.15) is 5.01 Å². The molecule has 0 radical (unpaired) electrons. The minimum absolute atomic E-state index is 0.0330. The second kappa shape index (κ2) is 8.98. The summed E-state index contributed by atoms with van der Waals surface area (Å²) in [6.45, 7) is 0.190. The second-order valence-corrected chi connectivity index (χ2v) is 10.7. The van der Waals surface area contributed by atoms with Crippen LogP contribution in [0.4, 0.5) is 5.69 Å². The van der Waals surface area contributed by atoms with Crippen molar-refractivity contribution < 1.29 is 18.0 Å². The van der Waals surface area contributed by atoms with Crippen molar-refractivity contribution in [3.05, 3.63) is 78.4 Å². The number of sulfonamides is 1. The number of fused-ring (bicyclic) bond motifs is 1. The number of anilines is 1. The number of hydrogen-bond donors (Lipinski definition) is 2. The number of nitrogens with one attached hydrogen (secondary N) is 2. The molecule has 1 aliphatic heterocycles. The largest absolute Gasteiger partial charge is 0.354 e. The smallest absolute Gasteiger partial charge is 0.255 e. The number of para-hydroxylation sites is 2. The fourth-order valence-corrected chi connectivity index (χ4v) is 6.18. The van der Waals surface area contributed by atoms with Crippen molar-refractivity contribution in [3.63, 3.8) is 0 Å². The number of aromatic nitrogens is 1. The quantitative estimate of drug-likeness (QED) is 0.444. The van der Waals surface area contributed by atoms with E-state index in [9.17, 15) is 18.0 Å². The van der Waals surface area contributed by atoms with E-state index in [-0.39, 0.29) is 36.0 Å². The van der Waals surface area contributed by atoms with Crippen LogP contribution < -0.4 is 10.6 Å². The van der Waals surface area contributed by atoms with Crippen LogP contribution >= 0.6 is 11.3 Å². The summed E-state index contributed by atoms with van der Waals surface area (Å²) < 4.78 is 28.2. The molecule has 1 aliphatic rings. The van der Waals surface area contributed by atoms with Gasteiger partial charge in [-0.15, -0.1) is 11.3 Å². The van der Waals surface area contributed by atoms with E-state index in [4.69, 9.17) is 0 Å². The number of benzene rings is 3. The average Bonchev–Trinajstić information content (AvgIpc) is 3.28. The first-order chi connectivity index (χ1) is 16.4. The molecule has 172 valence electrons. The molecular weight excluding hydrogens is 472 g/mol. The fourth-order valence-electron chi connectivity index (χ4n) is 3.73. The molecule has 34 heavy (non-hydrogen) atoms. The fraction of sp³-hybridized carbons (Fsp3) is 0.125. The summed E-state index contributed by atoms with van der Waals surface area (Å²) in [6.07, 6.45) is 0. The highest BCUT2D eigenvalue weighted by Gasteiger charge is 2.29. The molecule has 0 atom stereocenters. The molecule has 0 saturated carbocycles. The van der Waals surface area contributed by atoms with Crippen molar-refractivity contribution in [1.29, 1.82) is 0 Å². The maximum Gasteiger partial charge on any atom is 0.255 e. The Hall–Kier alpha value is -3.60. The van der Waals surface area contributed by atoms with Gasteiger partial charge in [0.25, 0.3) is 5.91 Å². The highest BCUT2D eigenvalue weighted by molar-refractivity contribution is 7.89. The van der Waals surface area contributed by atoms with Crippen LogP contribution in [0.5, 0.6) is 0 Å². The Labute approximate surface area is 200 Å². The highest BCUT2D eigenvalue weighted by atomic mass is 32.2. The first kappa shape index (κ1) is 22.2. The molecule has 5 rings (SSSR count). The summed E-state index contributed by atoms with van der Waals surface area (Å²) in [6, 6.07) is 21.0. The molecule has 0 unspecified atom stereocenters. The SMILES string of the molecule is O=C1CN(S(=O)(=O)c2cccc(C(=O)Nc3ccccc3-c3nc4ccccc4s3)c2)CCN1. The average molecular weight is 493 g/mol. The first-order valence-corrected chi connectivity index (χ1v) is 12.8. The van der Waals surface area contributed by atoms with E-state index in [0.717, 1.165) is 25.1 Å². The monoisotopic (exact) mass is 492 g/mol. The molecule has 0 aliphatic carbocycles. The normalized spacial score (nSPS) is 14.6. The molecule has 1 aromatic heterocycles. The Bertz CT molecular complexity index is 1480. The lowest BCUT2D eigenvalue weighted by molar-refractivity contribution is -0.122. The summed E-state index contributed by atoms with van der Waals surface area (Å²) in [7, 11) is -3.91. The van der Waals surface area contributed by atoms with Crippen LogP contribution in [-0.2, 0) is 14.8 Å². The Morgan fingerprint density at radius 3 is 2.65 bits per heavy atom. The summed E-state index contributed by atoms with van der Waals surface area (Å²) in [5, 5.41) is 6.27. The molecule has 0 spiro atoms. The van der Waals surface area contributed by atoms with Gasteiger partial charge >= 0.3 is 0 Å². The Kier molecular flexibility index (Phi) is 5.86. The van der Waals surface area contributed by atoms with Gasteiger partial charge in [-0.25, -0.2) is 13.4 Å². The van der Waals surface area contributed by atoms with Gasteiger partial charge < -0.3 is 10.6 Å². The van der Waals surface area contributed by atoms with Crippen molar-refractivity contribution in [1.82, 2.24) is 14.6 Å². The molecule has 2 heterocycles. The first-order valence-electron chi connectivity index (χ1n) is 10.5. The predicted molar refractivity (Wildman–Crippen MR) is 131 cm³/mol. The zero-order valence-electron chi connectivity index (χ0n) is 17.9. The second-order valence-electron chi connectivity index (χ2n) is 7.70. The molecule has 1 saturated heterocycles. The van der Waals surface area contributed by atoms with E-state index in [0.29, 0.717) is 5.69 Å². The van der Waals surface area contributed by atoms with E-state index in [2.05, 4.69) is 15.6 Å². The lowest BCUT2D eigenvalue weighted by atomic mass is 10.1. The standard InChI is InChI=1S/C24H20N4O4S2/c29-22-15-28(13-12-25-22)34(31,32)17-7-5-6-16(14-17)23(30)26-19-9-2-1-8-18(19)24-27-20-10-3-4-11-21(20)33-24/h1-11,14H,12-13,15H2,(H,25,29)(H,26,30). The van der Waals surface area contributed by atoms with Crippen molar-refractivity contribution in [3.8, 4) is 10.6 Å². The number of carbonyl (C=O) groups is 2. The zero-order chi connectivity index (χ0) is 23.7. The van der Waals surface area contributed by atoms with Gasteiger partial charge in [0.2, 0.25) is 15.9 Å². The third kappa shape index (κ3) is 4.30. The minimum Gasteiger partial charge on any atom is -0.354 e. The number of piperazine rings is 1. The van der Waals surface area contributed by atoms with E-state index in [1.807, 2.05) is 42.5 Å². The topological polar surface area (TPSA) is 108 Å². The summed E-state index contributed by atoms with van der Waals surface area (Å²) >= 11 is 1.53. The van der Waals surface area contributed by atoms with Crippen molar-refractivity contribution in [2.24, 2.45) is 0 Å². The number of carbonyl (C=O) groups excluding carboxylic acids is 2. The van der Waals surface area contributed by atoms with Gasteiger partial charge in [0, 0.05) is 24.2 Å². The molecule has 0 bridgehead atoms. The molecule has 3 aromatic carbocycles. The van der Waals surface area contributed by atoms with Gasteiger partial charge in [-0.05, 0) is 42.5 Å². The van der Waals surface area contributed by atoms with Crippen LogP contribution in [0.15, 0.2) is 77.7 Å². The molecule has 1 fully saturated rings. The van der Waals surface area contributed by atoms with Crippen LogP contribution in [0.25, 0.3) is 20.8 Å². The number of amides is 2. The van der Waals surface area contributed by atoms with E-state index in [1.165, 1.54) is 29.5 Å². The lowest BCUT2D eigenvalue weighted by Crippen LogP contribution is -2.49. The van der Waals surface area contributed by atoms with Gasteiger partial charge in [0.05, 0.1) is 27.3 Å². The summed E-state index contributed by atoms with van der Waals surface area (Å²) in [5.41, 5.74) is 2.43. The Balaban J connectivity index is 1.42. The van der Waals surface area contributed by atoms with Gasteiger partial charge in [-0.2, -0.15) is 4.31 Å². The van der Waals surface area contributed by atoms with Crippen LogP contribution in [0.1, 0.15) is 10.4 Å². The molecule has 2 amide bonds. The van der Waals surface area contributed by atoms with Crippen LogP contribution in [0.2, 0.25) is 0 Å². The lowest BCUT2D eigenvalue weighted by Gasteiger charge is -2.26. The molecule has 4 aromatic rings. The third-order valence-electron chi connectivity index (χ3n) is 5.44. The number of rotatable bonds is 5. The Morgan fingerprint density at radius 1 is 1.03 bits per heavy atom. The van der Waals surface area contributed by atoms with Crippen molar-refractivity contribution in [2.45, 2.75) is 4.90 Å².